The van der Waals surface area contributed by atoms with Gasteiger partial charge in [-0.25, -0.2) is 0 Å². The van der Waals surface area contributed by atoms with Gasteiger partial charge in [0.2, 0.25) is 0 Å². The predicted octanol–water partition coefficient (Wildman–Crippen LogP) is 8.49. The Morgan fingerprint density at radius 1 is 0.816 bits per heavy atom. The summed E-state index contributed by atoms with van der Waals surface area (Å²) < 4.78 is 25.9. The average Bonchev–Trinajstić information content (AvgIpc) is 2.87. The number of aryl methyl sites for hydroxylation is 4. The highest BCUT2D eigenvalue weighted by Gasteiger charge is 2.52. The highest BCUT2D eigenvalue weighted by molar-refractivity contribution is 7.54. The van der Waals surface area contributed by atoms with Crippen molar-refractivity contribution in [1.29, 1.82) is 0 Å². The van der Waals surface area contributed by atoms with Crippen LogP contribution in [0.5, 0.6) is 11.5 Å². The number of ether oxygens (including phenoxy) is 2. The fourth-order valence-corrected chi connectivity index (χ4v) is 10.2. The third kappa shape index (κ3) is 4.47. The Labute approximate surface area is 229 Å². The molecule has 38 heavy (non-hydrogen) atoms. The standard InChI is InChI=1S/C34H42O3P/c1-19-12-13-27-24(6)28-10-9-11-29(34(28)38(35)30(27)14-19)31(25-15-20(2)32(36-7)21(3)16-25)26-17-22(4)33(37-8)23(5)18-26/h9-11,15-19,24,27,30-31H,12-14H2,1-8H3/q+1/t19-,24?,27+,30-/m1/s1. The molecule has 1 heterocycles. The Balaban J connectivity index is 1.77. The smallest absolute Gasteiger partial charge is 0.380 e. The van der Waals surface area contributed by atoms with Crippen molar-refractivity contribution < 1.29 is 14.0 Å². The van der Waals surface area contributed by atoms with Crippen LogP contribution >= 0.6 is 7.80 Å². The summed E-state index contributed by atoms with van der Waals surface area (Å²) in [4.78, 5) is 0. The van der Waals surface area contributed by atoms with Crippen molar-refractivity contribution in [2.45, 2.75) is 78.3 Å². The maximum atomic E-state index is 14.5. The number of hydrogen-bond donors (Lipinski definition) is 0. The van der Waals surface area contributed by atoms with E-state index in [1.54, 1.807) is 14.2 Å². The molecule has 2 aliphatic rings. The van der Waals surface area contributed by atoms with Crippen molar-refractivity contribution in [2.75, 3.05) is 14.2 Å². The highest BCUT2D eigenvalue weighted by Crippen LogP contribution is 2.54. The maximum absolute atomic E-state index is 14.5. The number of fused-ring (bicyclic) bond motifs is 2. The summed E-state index contributed by atoms with van der Waals surface area (Å²) in [6.45, 7) is 13.2. The Hall–Kier alpha value is -2.64. The van der Waals surface area contributed by atoms with E-state index in [2.05, 4.69) is 84.0 Å². The summed E-state index contributed by atoms with van der Waals surface area (Å²) in [6, 6.07) is 15.7. The van der Waals surface area contributed by atoms with Gasteiger partial charge in [-0.1, -0.05) is 67.3 Å². The second-order valence-electron chi connectivity index (χ2n) is 11.9. The zero-order valence-corrected chi connectivity index (χ0v) is 25.1. The van der Waals surface area contributed by atoms with Gasteiger partial charge in [0, 0.05) is 23.0 Å². The van der Waals surface area contributed by atoms with E-state index >= 15 is 0 Å². The summed E-state index contributed by atoms with van der Waals surface area (Å²) in [7, 11) is 1.98. The number of benzene rings is 3. The minimum atomic E-state index is -1.50. The van der Waals surface area contributed by atoms with Gasteiger partial charge < -0.3 is 9.47 Å². The fraction of sp³-hybridized carbons (Fsp3) is 0.471. The molecule has 1 aliphatic heterocycles. The van der Waals surface area contributed by atoms with Crippen molar-refractivity contribution in [2.24, 2.45) is 11.8 Å². The van der Waals surface area contributed by atoms with Gasteiger partial charge in [0.25, 0.3) is 0 Å². The molecule has 3 nitrogen and oxygen atoms in total. The molecule has 0 N–H and O–H groups in total. The molecule has 5 atom stereocenters. The molecule has 0 saturated heterocycles. The summed E-state index contributed by atoms with van der Waals surface area (Å²) in [6.07, 6.45) is 3.51. The summed E-state index contributed by atoms with van der Waals surface area (Å²) in [5, 5.41) is 1.12. The van der Waals surface area contributed by atoms with E-state index in [1.807, 2.05) is 0 Å². The van der Waals surface area contributed by atoms with Crippen molar-refractivity contribution in [3.8, 4) is 11.5 Å². The zero-order chi connectivity index (χ0) is 27.3. The molecule has 200 valence electrons. The minimum absolute atomic E-state index is 0.0275. The monoisotopic (exact) mass is 529 g/mol. The second-order valence-corrected chi connectivity index (χ2v) is 13.6. The largest absolute Gasteiger partial charge is 0.496 e. The SMILES string of the molecule is COc1c(C)cc(C(c2cc(C)c(OC)c(C)c2)c2cccc3c2[P+](=O)[C@@H]2C[C@H](C)CC[C@H]2C3C)cc1C. The van der Waals surface area contributed by atoms with Crippen LogP contribution in [0.15, 0.2) is 42.5 Å². The molecular formula is C34H42O3P+. The van der Waals surface area contributed by atoms with Crippen LogP contribution in [0, 0.1) is 39.5 Å². The van der Waals surface area contributed by atoms with E-state index in [0.29, 0.717) is 17.8 Å². The molecule has 1 aliphatic carbocycles. The highest BCUT2D eigenvalue weighted by atomic mass is 31.1. The topological polar surface area (TPSA) is 35.5 Å². The summed E-state index contributed by atoms with van der Waals surface area (Å²) >= 11 is 0. The Morgan fingerprint density at radius 3 is 1.84 bits per heavy atom. The van der Waals surface area contributed by atoms with Gasteiger partial charge in [0.05, 0.1) is 14.2 Å². The lowest BCUT2D eigenvalue weighted by Crippen LogP contribution is -2.38. The molecule has 1 saturated carbocycles. The van der Waals surface area contributed by atoms with Crippen LogP contribution in [0.25, 0.3) is 0 Å². The van der Waals surface area contributed by atoms with Crippen molar-refractivity contribution in [3.05, 3.63) is 87.0 Å². The molecule has 0 amide bonds. The first-order chi connectivity index (χ1) is 18.2. The van der Waals surface area contributed by atoms with Crippen LogP contribution in [-0.4, -0.2) is 19.9 Å². The van der Waals surface area contributed by atoms with Gasteiger partial charge in [-0.15, -0.1) is 0 Å². The third-order valence-electron chi connectivity index (χ3n) is 9.23. The third-order valence-corrected chi connectivity index (χ3v) is 11.4. The maximum Gasteiger partial charge on any atom is 0.380 e. The van der Waals surface area contributed by atoms with Crippen molar-refractivity contribution >= 4 is 13.1 Å². The summed E-state index contributed by atoms with van der Waals surface area (Å²) in [5.41, 5.74) is 9.69. The lowest BCUT2D eigenvalue weighted by atomic mass is 9.73. The Morgan fingerprint density at radius 2 is 1.34 bits per heavy atom. The van der Waals surface area contributed by atoms with E-state index in [4.69, 9.17) is 9.47 Å². The molecule has 0 aromatic heterocycles. The number of hydrogen-bond acceptors (Lipinski definition) is 3. The molecule has 0 spiro atoms. The van der Waals surface area contributed by atoms with E-state index in [-0.39, 0.29) is 11.6 Å². The van der Waals surface area contributed by atoms with Crippen LogP contribution in [0.4, 0.5) is 0 Å². The van der Waals surface area contributed by atoms with Gasteiger partial charge in [-0.3, -0.25) is 0 Å². The van der Waals surface area contributed by atoms with E-state index in [1.165, 1.54) is 35.1 Å². The normalized spacial score (nSPS) is 23.7. The molecule has 3 aromatic rings. The summed E-state index contributed by atoms with van der Waals surface area (Å²) in [5.74, 6) is 3.43. The van der Waals surface area contributed by atoms with Crippen LogP contribution in [-0.2, 0) is 4.57 Å². The first-order valence-electron chi connectivity index (χ1n) is 14.1. The van der Waals surface area contributed by atoms with Gasteiger partial charge in [0.15, 0.2) is 11.0 Å². The Kier molecular flexibility index (Phi) is 7.44. The fourth-order valence-electron chi connectivity index (χ4n) is 7.55. The second kappa shape index (κ2) is 10.5. The molecule has 2 unspecified atom stereocenters. The quantitative estimate of drug-likeness (QED) is 0.246. The Bertz CT molecular complexity index is 1280. The van der Waals surface area contributed by atoms with Gasteiger partial charge >= 0.3 is 7.80 Å². The van der Waals surface area contributed by atoms with Crippen LogP contribution in [0.2, 0.25) is 0 Å². The molecule has 3 aromatic carbocycles. The average molecular weight is 530 g/mol. The van der Waals surface area contributed by atoms with E-state index < -0.39 is 7.80 Å². The first kappa shape index (κ1) is 26.9. The van der Waals surface area contributed by atoms with Gasteiger partial charge in [0.1, 0.15) is 11.5 Å². The lowest BCUT2D eigenvalue weighted by Gasteiger charge is -2.37. The number of rotatable bonds is 5. The molecule has 4 heteroatoms. The number of methoxy groups -OCH3 is 2. The minimum Gasteiger partial charge on any atom is -0.496 e. The van der Waals surface area contributed by atoms with Crippen LogP contribution in [0.1, 0.15) is 89.5 Å². The van der Waals surface area contributed by atoms with Gasteiger partial charge in [-0.05, 0) is 85.8 Å². The van der Waals surface area contributed by atoms with E-state index in [9.17, 15) is 4.57 Å². The molecule has 5 rings (SSSR count). The molecule has 1 fully saturated rings. The molecule has 0 radical (unpaired) electrons. The first-order valence-corrected chi connectivity index (χ1v) is 15.4. The predicted molar refractivity (Wildman–Crippen MR) is 158 cm³/mol. The molecular weight excluding hydrogens is 487 g/mol. The van der Waals surface area contributed by atoms with Gasteiger partial charge in [-0.2, -0.15) is 0 Å². The van der Waals surface area contributed by atoms with Crippen molar-refractivity contribution in [1.82, 2.24) is 0 Å². The van der Waals surface area contributed by atoms with Crippen molar-refractivity contribution in [3.63, 3.8) is 0 Å². The van der Waals surface area contributed by atoms with Crippen LogP contribution in [0.3, 0.4) is 0 Å². The lowest BCUT2D eigenvalue weighted by molar-refractivity contribution is 0.263. The zero-order valence-electron chi connectivity index (χ0n) is 24.2. The molecule has 0 bridgehead atoms. The van der Waals surface area contributed by atoms with E-state index in [0.717, 1.165) is 45.5 Å². The van der Waals surface area contributed by atoms with Crippen LogP contribution < -0.4 is 14.8 Å².